The Morgan fingerprint density at radius 3 is 2.20 bits per heavy atom. The molecule has 0 saturated heterocycles. The van der Waals surface area contributed by atoms with Crippen LogP contribution in [-0.2, 0) is 6.18 Å². The lowest BCUT2D eigenvalue weighted by atomic mass is 10.2. The first-order valence-electron chi connectivity index (χ1n) is 3.44. The van der Waals surface area contributed by atoms with Crippen LogP contribution < -0.4 is 0 Å². The number of aromatic nitrogens is 1. The second-order valence-electron chi connectivity index (χ2n) is 2.50. The molecule has 0 radical (unpaired) electrons. The highest BCUT2D eigenvalue weighted by atomic mass is 79.9. The number of halogens is 7. The Bertz CT molecular complexity index is 374. The number of rotatable bonds is 1. The fraction of sp³-hybridized carbons (Fsp3) is 0.286. The first-order valence-corrected chi connectivity index (χ1v) is 4.24. The van der Waals surface area contributed by atoms with Crippen LogP contribution in [0.4, 0.5) is 26.3 Å². The summed E-state index contributed by atoms with van der Waals surface area (Å²) >= 11 is 2.48. The predicted octanol–water partition coefficient (Wildman–Crippen LogP) is 3.94. The average Bonchev–Trinajstić information content (AvgIpc) is 2.06. The molecule has 8 heteroatoms. The molecule has 0 aliphatic heterocycles. The van der Waals surface area contributed by atoms with Gasteiger partial charge in [-0.25, -0.2) is 13.8 Å². The van der Waals surface area contributed by atoms with Crippen molar-refractivity contribution in [2.24, 2.45) is 0 Å². The number of alkyl halides is 5. The lowest BCUT2D eigenvalue weighted by Gasteiger charge is -2.11. The number of hydrogen-bond donors (Lipinski definition) is 0. The highest BCUT2D eigenvalue weighted by molar-refractivity contribution is 9.10. The molecule has 0 aliphatic carbocycles. The fourth-order valence-electron chi connectivity index (χ4n) is 0.874. The van der Waals surface area contributed by atoms with Crippen molar-refractivity contribution in [3.05, 3.63) is 27.7 Å². The van der Waals surface area contributed by atoms with E-state index in [9.17, 15) is 26.3 Å². The van der Waals surface area contributed by atoms with E-state index < -0.39 is 34.3 Å². The average molecular weight is 294 g/mol. The van der Waals surface area contributed by atoms with E-state index in [0.717, 1.165) is 0 Å². The maximum atomic E-state index is 12.7. The molecule has 1 rings (SSSR count). The third-order valence-corrected chi connectivity index (χ3v) is 2.02. The van der Waals surface area contributed by atoms with Gasteiger partial charge in [-0.15, -0.1) is 0 Å². The molecule has 84 valence electrons. The van der Waals surface area contributed by atoms with E-state index >= 15 is 0 Å². The maximum Gasteiger partial charge on any atom is 0.433 e. The van der Waals surface area contributed by atoms with E-state index in [1.807, 2.05) is 0 Å². The molecule has 0 atom stereocenters. The molecular formula is C7H2BrF6N. The van der Waals surface area contributed by atoms with Gasteiger partial charge in [0.2, 0.25) is 5.95 Å². The molecule has 0 bridgehead atoms. The number of pyridine rings is 1. The van der Waals surface area contributed by atoms with E-state index in [0.29, 0.717) is 6.07 Å². The summed E-state index contributed by atoms with van der Waals surface area (Å²) in [4.78, 5) is 2.45. The lowest BCUT2D eigenvalue weighted by molar-refractivity contribution is -0.143. The standard InChI is InChI=1S/C7H2BrF6N/c8-3-1-2(5(9)10)4(7(12,13)14)15-6(3)11/h1,5H. The molecule has 0 spiro atoms. The molecule has 0 N–H and O–H groups in total. The van der Waals surface area contributed by atoms with Crippen molar-refractivity contribution in [2.75, 3.05) is 0 Å². The van der Waals surface area contributed by atoms with Crippen molar-refractivity contribution in [3.63, 3.8) is 0 Å². The Morgan fingerprint density at radius 1 is 1.27 bits per heavy atom. The zero-order chi connectivity index (χ0) is 11.8. The Labute approximate surface area is 88.2 Å². The smallest absolute Gasteiger partial charge is 0.214 e. The molecule has 1 heterocycles. The SMILES string of the molecule is Fc1nc(C(F)(F)F)c(C(F)F)cc1Br. The van der Waals surface area contributed by atoms with Gasteiger partial charge in [-0.2, -0.15) is 17.6 Å². The van der Waals surface area contributed by atoms with Gasteiger partial charge in [0.15, 0.2) is 5.69 Å². The quantitative estimate of drug-likeness (QED) is 0.564. The molecule has 1 nitrogen and oxygen atoms in total. The van der Waals surface area contributed by atoms with Crippen molar-refractivity contribution in [1.82, 2.24) is 4.98 Å². The van der Waals surface area contributed by atoms with Crippen LogP contribution in [0, 0.1) is 5.95 Å². The largest absolute Gasteiger partial charge is 0.433 e. The number of hydrogen-bond acceptors (Lipinski definition) is 1. The van der Waals surface area contributed by atoms with Crippen molar-refractivity contribution >= 4 is 15.9 Å². The zero-order valence-electron chi connectivity index (χ0n) is 6.75. The Balaban J connectivity index is 3.42. The Kier molecular flexibility index (Phi) is 3.27. The molecule has 0 aliphatic rings. The van der Waals surface area contributed by atoms with Gasteiger partial charge < -0.3 is 0 Å². The van der Waals surface area contributed by atoms with Crippen LogP contribution in [0.2, 0.25) is 0 Å². The molecule has 0 saturated carbocycles. The summed E-state index contributed by atoms with van der Waals surface area (Å²) in [6.45, 7) is 0. The summed E-state index contributed by atoms with van der Waals surface area (Å²) in [6.07, 6.45) is -8.47. The summed E-state index contributed by atoms with van der Waals surface area (Å²) in [7, 11) is 0. The highest BCUT2D eigenvalue weighted by Gasteiger charge is 2.38. The van der Waals surface area contributed by atoms with E-state index in [2.05, 4.69) is 20.9 Å². The van der Waals surface area contributed by atoms with Crippen molar-refractivity contribution in [3.8, 4) is 0 Å². The zero-order valence-corrected chi connectivity index (χ0v) is 8.33. The van der Waals surface area contributed by atoms with Crippen LogP contribution in [0.3, 0.4) is 0 Å². The third kappa shape index (κ3) is 2.61. The second kappa shape index (κ2) is 3.99. The van der Waals surface area contributed by atoms with Gasteiger partial charge >= 0.3 is 6.18 Å². The molecular weight excluding hydrogens is 292 g/mol. The van der Waals surface area contributed by atoms with Gasteiger partial charge in [-0.05, 0) is 22.0 Å². The van der Waals surface area contributed by atoms with Crippen LogP contribution >= 0.6 is 15.9 Å². The number of nitrogens with zero attached hydrogens (tertiary/aromatic N) is 1. The monoisotopic (exact) mass is 293 g/mol. The van der Waals surface area contributed by atoms with Crippen LogP contribution in [0.15, 0.2) is 10.5 Å². The second-order valence-corrected chi connectivity index (χ2v) is 3.35. The molecule has 0 amide bonds. The minimum Gasteiger partial charge on any atom is -0.214 e. The Hall–Kier alpha value is -0.790. The summed E-state index contributed by atoms with van der Waals surface area (Å²) < 4.78 is 72.9. The van der Waals surface area contributed by atoms with Crippen LogP contribution in [0.5, 0.6) is 0 Å². The molecule has 1 aromatic heterocycles. The van der Waals surface area contributed by atoms with Crippen molar-refractivity contribution in [2.45, 2.75) is 12.6 Å². The molecule has 15 heavy (non-hydrogen) atoms. The molecule has 0 aromatic carbocycles. The van der Waals surface area contributed by atoms with Crippen molar-refractivity contribution in [1.29, 1.82) is 0 Å². The first-order chi connectivity index (χ1) is 6.73. The predicted molar refractivity (Wildman–Crippen MR) is 41.9 cm³/mol. The maximum absolute atomic E-state index is 12.7. The highest BCUT2D eigenvalue weighted by Crippen LogP contribution is 2.36. The fourth-order valence-corrected chi connectivity index (χ4v) is 1.21. The van der Waals surface area contributed by atoms with Gasteiger partial charge in [-0.3, -0.25) is 0 Å². The van der Waals surface area contributed by atoms with Gasteiger partial charge in [-0.1, -0.05) is 0 Å². The van der Waals surface area contributed by atoms with E-state index in [1.165, 1.54) is 0 Å². The minimum absolute atomic E-state index is 0.371. The summed E-state index contributed by atoms with van der Waals surface area (Å²) in [5, 5.41) is 0. The van der Waals surface area contributed by atoms with Gasteiger partial charge in [0.05, 0.1) is 4.47 Å². The lowest BCUT2D eigenvalue weighted by Crippen LogP contribution is -2.13. The van der Waals surface area contributed by atoms with Crippen LogP contribution in [-0.4, -0.2) is 4.98 Å². The summed E-state index contributed by atoms with van der Waals surface area (Å²) in [5.41, 5.74) is -3.26. The Morgan fingerprint density at radius 2 is 1.80 bits per heavy atom. The van der Waals surface area contributed by atoms with Crippen molar-refractivity contribution < 1.29 is 26.3 Å². The van der Waals surface area contributed by atoms with Crippen LogP contribution in [0.1, 0.15) is 17.7 Å². The van der Waals surface area contributed by atoms with Gasteiger partial charge in [0.25, 0.3) is 6.43 Å². The molecule has 1 aromatic rings. The topological polar surface area (TPSA) is 12.9 Å². The minimum atomic E-state index is -5.10. The third-order valence-electron chi connectivity index (χ3n) is 1.47. The normalized spacial score (nSPS) is 12.3. The first kappa shape index (κ1) is 12.3. The summed E-state index contributed by atoms with van der Waals surface area (Å²) in [5.74, 6) is -1.48. The van der Waals surface area contributed by atoms with Crippen LogP contribution in [0.25, 0.3) is 0 Å². The van der Waals surface area contributed by atoms with E-state index in [4.69, 9.17) is 0 Å². The van der Waals surface area contributed by atoms with E-state index in [1.54, 1.807) is 0 Å². The van der Waals surface area contributed by atoms with Gasteiger partial charge in [0, 0.05) is 5.56 Å². The van der Waals surface area contributed by atoms with E-state index in [-0.39, 0.29) is 0 Å². The molecule has 0 fully saturated rings. The summed E-state index contributed by atoms with van der Waals surface area (Å²) in [6, 6.07) is 0.371. The molecule has 0 unspecified atom stereocenters. The van der Waals surface area contributed by atoms with Gasteiger partial charge in [0.1, 0.15) is 0 Å².